The molecular formula is C12H15NO3. The maximum Gasteiger partial charge on any atom is 0.161 e. The van der Waals surface area contributed by atoms with Gasteiger partial charge < -0.3 is 15.2 Å². The minimum atomic E-state index is -0.0321. The number of hydrogen-bond acceptors (Lipinski definition) is 4. The average Bonchev–Trinajstić information content (AvgIpc) is 2.30. The number of likely N-dealkylation sites (N-methyl/N-ethyl adjacent to an activating group) is 1. The van der Waals surface area contributed by atoms with Crippen LogP contribution < -0.4 is 10.1 Å². The Morgan fingerprint density at radius 1 is 1.44 bits per heavy atom. The summed E-state index contributed by atoms with van der Waals surface area (Å²) in [6.07, 6.45) is 4.40. The SMILES string of the molecule is CNCC=Cc1cc(OC)c(O)cc1C=O. The summed E-state index contributed by atoms with van der Waals surface area (Å²) < 4.78 is 4.98. The van der Waals surface area contributed by atoms with E-state index in [2.05, 4.69) is 5.32 Å². The summed E-state index contributed by atoms with van der Waals surface area (Å²) >= 11 is 0. The van der Waals surface area contributed by atoms with Crippen LogP contribution in [0, 0.1) is 0 Å². The molecule has 0 spiro atoms. The number of benzene rings is 1. The first kappa shape index (κ1) is 12.3. The molecule has 0 heterocycles. The van der Waals surface area contributed by atoms with Gasteiger partial charge >= 0.3 is 0 Å². The fraction of sp³-hybridized carbons (Fsp3) is 0.250. The molecule has 0 aromatic heterocycles. The number of aromatic hydroxyl groups is 1. The zero-order valence-electron chi connectivity index (χ0n) is 9.36. The number of hydrogen-bond donors (Lipinski definition) is 2. The van der Waals surface area contributed by atoms with Crippen molar-refractivity contribution in [1.29, 1.82) is 0 Å². The number of phenolic OH excluding ortho intramolecular Hbond substituents is 1. The lowest BCUT2D eigenvalue weighted by Gasteiger charge is -2.06. The average molecular weight is 221 g/mol. The lowest BCUT2D eigenvalue weighted by molar-refractivity contribution is 0.112. The van der Waals surface area contributed by atoms with Crippen LogP contribution in [-0.4, -0.2) is 32.1 Å². The van der Waals surface area contributed by atoms with Crippen molar-refractivity contribution < 1.29 is 14.6 Å². The molecule has 0 radical (unpaired) electrons. The van der Waals surface area contributed by atoms with Crippen LogP contribution in [0.5, 0.6) is 11.5 Å². The van der Waals surface area contributed by atoms with Gasteiger partial charge in [0.05, 0.1) is 7.11 Å². The van der Waals surface area contributed by atoms with E-state index in [1.807, 2.05) is 19.2 Å². The van der Waals surface area contributed by atoms with Crippen LogP contribution in [0.1, 0.15) is 15.9 Å². The molecule has 2 N–H and O–H groups in total. The largest absolute Gasteiger partial charge is 0.504 e. The van der Waals surface area contributed by atoms with Crippen LogP contribution in [0.2, 0.25) is 0 Å². The van der Waals surface area contributed by atoms with E-state index < -0.39 is 0 Å². The van der Waals surface area contributed by atoms with E-state index in [-0.39, 0.29) is 5.75 Å². The summed E-state index contributed by atoms with van der Waals surface area (Å²) in [4.78, 5) is 10.8. The zero-order chi connectivity index (χ0) is 12.0. The van der Waals surface area contributed by atoms with Crippen molar-refractivity contribution in [3.05, 3.63) is 29.3 Å². The molecule has 0 aliphatic rings. The molecule has 0 aliphatic carbocycles. The van der Waals surface area contributed by atoms with Gasteiger partial charge in [-0.05, 0) is 24.7 Å². The number of methoxy groups -OCH3 is 1. The highest BCUT2D eigenvalue weighted by molar-refractivity contribution is 5.83. The fourth-order valence-electron chi connectivity index (χ4n) is 1.31. The Labute approximate surface area is 94.6 Å². The molecule has 0 fully saturated rings. The number of carbonyl (C=O) groups is 1. The minimum Gasteiger partial charge on any atom is -0.504 e. The van der Waals surface area contributed by atoms with E-state index in [9.17, 15) is 9.90 Å². The van der Waals surface area contributed by atoms with Gasteiger partial charge in [0.15, 0.2) is 17.8 Å². The lowest BCUT2D eigenvalue weighted by atomic mass is 10.1. The maximum absolute atomic E-state index is 10.8. The third-order valence-electron chi connectivity index (χ3n) is 2.13. The maximum atomic E-state index is 10.8. The van der Waals surface area contributed by atoms with E-state index in [0.29, 0.717) is 24.1 Å². The molecule has 0 amide bonds. The van der Waals surface area contributed by atoms with Gasteiger partial charge in [-0.25, -0.2) is 0 Å². The topological polar surface area (TPSA) is 58.6 Å². The molecule has 0 aliphatic heterocycles. The predicted molar refractivity (Wildman–Crippen MR) is 63.0 cm³/mol. The molecule has 4 heteroatoms. The first-order valence-corrected chi connectivity index (χ1v) is 4.90. The van der Waals surface area contributed by atoms with Crippen LogP contribution in [-0.2, 0) is 0 Å². The molecule has 1 aromatic rings. The molecular weight excluding hydrogens is 206 g/mol. The monoisotopic (exact) mass is 221 g/mol. The van der Waals surface area contributed by atoms with E-state index in [1.165, 1.54) is 13.2 Å². The molecule has 0 unspecified atom stereocenters. The molecule has 16 heavy (non-hydrogen) atoms. The second-order valence-electron chi connectivity index (χ2n) is 3.23. The number of rotatable bonds is 5. The standard InChI is InChI=1S/C12H15NO3/c1-13-5-3-4-9-7-12(16-2)11(15)6-10(9)8-14/h3-4,6-8,13,15H,5H2,1-2H3. The summed E-state index contributed by atoms with van der Waals surface area (Å²) in [5.41, 5.74) is 1.16. The predicted octanol–water partition coefficient (Wildman–Crippen LogP) is 1.45. The second kappa shape index (κ2) is 5.92. The van der Waals surface area contributed by atoms with Crippen molar-refractivity contribution in [2.45, 2.75) is 0 Å². The van der Waals surface area contributed by atoms with Crippen molar-refractivity contribution in [3.63, 3.8) is 0 Å². The first-order valence-electron chi connectivity index (χ1n) is 4.90. The summed E-state index contributed by atoms with van der Waals surface area (Å²) in [7, 11) is 3.30. The van der Waals surface area contributed by atoms with Crippen molar-refractivity contribution in [3.8, 4) is 11.5 Å². The van der Waals surface area contributed by atoms with Gasteiger partial charge in [0.2, 0.25) is 0 Å². The van der Waals surface area contributed by atoms with Crippen molar-refractivity contribution in [2.75, 3.05) is 20.7 Å². The van der Waals surface area contributed by atoms with Crippen LogP contribution in [0.25, 0.3) is 6.08 Å². The molecule has 86 valence electrons. The highest BCUT2D eigenvalue weighted by Gasteiger charge is 2.06. The number of carbonyl (C=O) groups excluding carboxylic acids is 1. The van der Waals surface area contributed by atoms with E-state index in [4.69, 9.17) is 4.74 Å². The highest BCUT2D eigenvalue weighted by atomic mass is 16.5. The van der Waals surface area contributed by atoms with E-state index >= 15 is 0 Å². The van der Waals surface area contributed by atoms with Gasteiger partial charge in [0.25, 0.3) is 0 Å². The number of aldehydes is 1. The normalized spacial score (nSPS) is 10.6. The quantitative estimate of drug-likeness (QED) is 0.739. The van der Waals surface area contributed by atoms with Crippen LogP contribution in [0.3, 0.4) is 0 Å². The third-order valence-corrected chi connectivity index (χ3v) is 2.13. The van der Waals surface area contributed by atoms with Crippen molar-refractivity contribution in [2.24, 2.45) is 0 Å². The van der Waals surface area contributed by atoms with Crippen molar-refractivity contribution >= 4 is 12.4 Å². The lowest BCUT2D eigenvalue weighted by Crippen LogP contribution is -2.03. The summed E-state index contributed by atoms with van der Waals surface area (Å²) in [6, 6.07) is 3.02. The van der Waals surface area contributed by atoms with Gasteiger partial charge in [0, 0.05) is 12.1 Å². The summed E-state index contributed by atoms with van der Waals surface area (Å²) in [6.45, 7) is 0.710. The van der Waals surface area contributed by atoms with Crippen LogP contribution >= 0.6 is 0 Å². The molecule has 4 nitrogen and oxygen atoms in total. The Morgan fingerprint density at radius 2 is 2.19 bits per heavy atom. The third kappa shape index (κ3) is 2.84. The highest BCUT2D eigenvalue weighted by Crippen LogP contribution is 2.29. The molecule has 1 rings (SSSR count). The summed E-state index contributed by atoms with van der Waals surface area (Å²) in [5.74, 6) is 0.324. The molecule has 0 atom stereocenters. The van der Waals surface area contributed by atoms with Gasteiger partial charge in [-0.3, -0.25) is 4.79 Å². The number of nitrogens with one attached hydrogen (secondary N) is 1. The van der Waals surface area contributed by atoms with Crippen LogP contribution in [0.15, 0.2) is 18.2 Å². The molecule has 0 saturated carbocycles. The Kier molecular flexibility index (Phi) is 4.54. The zero-order valence-corrected chi connectivity index (χ0v) is 9.36. The minimum absolute atomic E-state index is 0.0321. The van der Waals surface area contributed by atoms with Crippen LogP contribution in [0.4, 0.5) is 0 Å². The Balaban J connectivity index is 3.09. The smallest absolute Gasteiger partial charge is 0.161 e. The van der Waals surface area contributed by atoms with Gasteiger partial charge in [-0.1, -0.05) is 12.2 Å². The Bertz CT molecular complexity index is 399. The van der Waals surface area contributed by atoms with Crippen molar-refractivity contribution in [1.82, 2.24) is 5.32 Å². The van der Waals surface area contributed by atoms with Gasteiger partial charge in [-0.15, -0.1) is 0 Å². The van der Waals surface area contributed by atoms with Gasteiger partial charge in [-0.2, -0.15) is 0 Å². The van der Waals surface area contributed by atoms with Gasteiger partial charge in [0.1, 0.15) is 0 Å². The number of ether oxygens (including phenoxy) is 1. The summed E-state index contributed by atoms with van der Waals surface area (Å²) in [5, 5.41) is 12.5. The number of phenols is 1. The van der Waals surface area contributed by atoms with E-state index in [0.717, 1.165) is 5.56 Å². The molecule has 1 aromatic carbocycles. The molecule has 0 saturated heterocycles. The fourth-order valence-corrected chi connectivity index (χ4v) is 1.31. The van der Waals surface area contributed by atoms with E-state index in [1.54, 1.807) is 6.07 Å². The Morgan fingerprint density at radius 3 is 2.75 bits per heavy atom. The first-order chi connectivity index (χ1) is 7.72. The second-order valence-corrected chi connectivity index (χ2v) is 3.23. The molecule has 0 bridgehead atoms. The Hall–Kier alpha value is -1.81.